The number of unbranched alkanes of at least 4 members (excludes halogenated alkanes) is 9. The second-order valence-corrected chi connectivity index (χ2v) is 6.89. The first kappa shape index (κ1) is 28.1. The van der Waals surface area contributed by atoms with Gasteiger partial charge in [0, 0.05) is 19.1 Å². The van der Waals surface area contributed by atoms with Crippen molar-refractivity contribution >= 4 is 11.9 Å². The van der Waals surface area contributed by atoms with Gasteiger partial charge in [-0.1, -0.05) is 64.7 Å². The monoisotopic (exact) mass is 379 g/mol. The van der Waals surface area contributed by atoms with Crippen LogP contribution in [0.15, 0.2) is 0 Å². The zero-order valence-electron chi connectivity index (χ0n) is 17.3. The van der Waals surface area contributed by atoms with Gasteiger partial charge in [-0.25, -0.2) is 0 Å². The van der Waals surface area contributed by atoms with E-state index in [2.05, 4.69) is 12.2 Å². The topological polar surface area (TPSA) is 78.5 Å². The molecule has 5 nitrogen and oxygen atoms in total. The number of hydrogen-bond donors (Lipinski definition) is 1. The van der Waals surface area contributed by atoms with Crippen LogP contribution in [-0.2, 0) is 14.3 Å². The number of carboxylic acids is 1. The Morgan fingerprint density at radius 2 is 1.38 bits per heavy atom. The molecule has 1 atom stereocenters. The quantitative estimate of drug-likeness (QED) is 0.211. The van der Waals surface area contributed by atoms with E-state index < -0.39 is 5.97 Å². The van der Waals surface area contributed by atoms with Crippen LogP contribution in [0.1, 0.15) is 97.3 Å². The van der Waals surface area contributed by atoms with Crippen molar-refractivity contribution in [1.82, 2.24) is 5.32 Å². The van der Waals surface area contributed by atoms with Gasteiger partial charge in [-0.2, -0.15) is 0 Å². The van der Waals surface area contributed by atoms with E-state index in [1.54, 1.807) is 0 Å². The fourth-order valence-corrected chi connectivity index (χ4v) is 2.77. The summed E-state index contributed by atoms with van der Waals surface area (Å²) in [6.07, 6.45) is 14.2. The molecule has 148 valence electrons. The second kappa shape index (κ2) is 21.2. The maximum atomic E-state index is 11.6. The van der Waals surface area contributed by atoms with Crippen molar-refractivity contribution in [3.63, 3.8) is 0 Å². The fraction of sp³-hybridized carbons (Fsp3) is 0.900. The van der Waals surface area contributed by atoms with Crippen LogP contribution in [0.5, 0.6) is 0 Å². The van der Waals surface area contributed by atoms with E-state index in [4.69, 9.17) is 4.74 Å². The molecule has 0 saturated carbocycles. The molecule has 0 aromatic carbocycles. The fourth-order valence-electron chi connectivity index (χ4n) is 2.77. The number of carboxylic acid groups (broad SMARTS) is 1. The molecule has 0 aliphatic carbocycles. The summed E-state index contributed by atoms with van der Waals surface area (Å²) in [5.74, 6) is -1.30. The Morgan fingerprint density at radius 1 is 0.885 bits per heavy atom. The van der Waals surface area contributed by atoms with Gasteiger partial charge in [0.1, 0.15) is 0 Å². The van der Waals surface area contributed by atoms with Gasteiger partial charge in [-0.3, -0.25) is 4.79 Å². The van der Waals surface area contributed by atoms with Crippen molar-refractivity contribution in [3.8, 4) is 0 Å². The Kier molecular flexibility index (Phi) is 22.9. The molecule has 6 heteroatoms. The van der Waals surface area contributed by atoms with Gasteiger partial charge in [0.15, 0.2) is 0 Å². The Morgan fingerprint density at radius 3 is 1.92 bits per heavy atom. The first-order chi connectivity index (χ1) is 12.1. The summed E-state index contributed by atoms with van der Waals surface area (Å²) in [7, 11) is 0. The van der Waals surface area contributed by atoms with Gasteiger partial charge in [0.05, 0.1) is 12.5 Å². The molecule has 26 heavy (non-hydrogen) atoms. The first-order valence-corrected chi connectivity index (χ1v) is 10.2. The van der Waals surface area contributed by atoms with Crippen LogP contribution in [0, 0.1) is 0 Å². The summed E-state index contributed by atoms with van der Waals surface area (Å²) in [5.41, 5.74) is 0. The molecule has 0 fully saturated rings. The number of carbonyl (C=O) groups excluding carboxylic acids is 2. The third kappa shape index (κ3) is 21.9. The van der Waals surface area contributed by atoms with E-state index in [9.17, 15) is 14.7 Å². The van der Waals surface area contributed by atoms with Crippen molar-refractivity contribution in [3.05, 3.63) is 0 Å². The third-order valence-electron chi connectivity index (χ3n) is 4.31. The minimum Gasteiger partial charge on any atom is -0.550 e. The summed E-state index contributed by atoms with van der Waals surface area (Å²) in [6, 6.07) is 0. The average molecular weight is 380 g/mol. The Bertz CT molecular complexity index is 340. The smallest absolute Gasteiger partial charge is 0.550 e. The van der Waals surface area contributed by atoms with Crippen LogP contribution in [0.25, 0.3) is 0 Å². The Hall–Kier alpha value is -0.100. The van der Waals surface area contributed by atoms with Crippen molar-refractivity contribution in [2.24, 2.45) is 0 Å². The van der Waals surface area contributed by atoms with E-state index in [0.717, 1.165) is 12.8 Å². The number of aliphatic carboxylic acids is 1. The van der Waals surface area contributed by atoms with Crippen LogP contribution in [0.3, 0.4) is 0 Å². The van der Waals surface area contributed by atoms with Crippen LogP contribution in [-0.4, -0.2) is 31.1 Å². The molecule has 0 amide bonds. The number of nitrogens with one attached hydrogen (secondary N) is 1. The zero-order valence-corrected chi connectivity index (χ0v) is 19.3. The summed E-state index contributed by atoms with van der Waals surface area (Å²) >= 11 is 0. The molecular weight excluding hydrogens is 341 g/mol. The molecule has 1 N–H and O–H groups in total. The van der Waals surface area contributed by atoms with Gasteiger partial charge in [-0.05, 0) is 26.2 Å². The SMILES string of the molecule is CCCCCCCCCCCCC(C)OC(=O)CCNCCC(=O)[O-].[Na+]. The number of ether oxygens (including phenoxy) is 1. The Balaban J connectivity index is 0. The minimum absolute atomic E-state index is 0. The van der Waals surface area contributed by atoms with Crippen molar-refractivity contribution in [1.29, 1.82) is 0 Å². The molecule has 0 bridgehead atoms. The van der Waals surface area contributed by atoms with Crippen molar-refractivity contribution in [2.75, 3.05) is 13.1 Å². The van der Waals surface area contributed by atoms with Crippen LogP contribution < -0.4 is 40.0 Å². The predicted molar refractivity (Wildman–Crippen MR) is 99.1 cm³/mol. The molecule has 0 aliphatic rings. The maximum Gasteiger partial charge on any atom is 1.00 e. The van der Waals surface area contributed by atoms with Crippen LogP contribution in [0.4, 0.5) is 0 Å². The van der Waals surface area contributed by atoms with Gasteiger partial charge in [0.25, 0.3) is 0 Å². The largest absolute Gasteiger partial charge is 1.00 e. The number of rotatable bonds is 18. The molecule has 1 unspecified atom stereocenters. The van der Waals surface area contributed by atoms with E-state index in [1.807, 2.05) is 6.92 Å². The maximum absolute atomic E-state index is 11.6. The minimum atomic E-state index is -1.08. The molecule has 0 aromatic rings. The number of esters is 1. The molecule has 0 heterocycles. The second-order valence-electron chi connectivity index (χ2n) is 6.89. The third-order valence-corrected chi connectivity index (χ3v) is 4.31. The number of carbonyl (C=O) groups is 2. The normalized spacial score (nSPS) is 11.6. The molecule has 0 radical (unpaired) electrons. The zero-order chi connectivity index (χ0) is 18.8. The van der Waals surface area contributed by atoms with Gasteiger partial charge < -0.3 is 20.0 Å². The number of hydrogen-bond acceptors (Lipinski definition) is 5. The van der Waals surface area contributed by atoms with E-state index in [-0.39, 0.29) is 54.5 Å². The van der Waals surface area contributed by atoms with Crippen LogP contribution >= 0.6 is 0 Å². The summed E-state index contributed by atoms with van der Waals surface area (Å²) in [5, 5.41) is 13.1. The van der Waals surface area contributed by atoms with E-state index in [1.165, 1.54) is 57.8 Å². The predicted octanol–water partition coefficient (Wildman–Crippen LogP) is 0.353. The summed E-state index contributed by atoms with van der Waals surface area (Å²) in [6.45, 7) is 4.95. The molecule has 0 spiro atoms. The molecule has 0 saturated heterocycles. The molecule has 0 aromatic heterocycles. The van der Waals surface area contributed by atoms with Crippen LogP contribution in [0.2, 0.25) is 0 Å². The molecule has 0 aliphatic heterocycles. The standard InChI is InChI=1S/C20H39NO4.Na/c1-3-4-5-6-7-8-9-10-11-12-13-18(2)25-20(24)15-17-21-16-14-19(22)23;/h18,21H,3-17H2,1-2H3,(H,22,23);/q;+1/p-1. The van der Waals surface area contributed by atoms with Crippen molar-refractivity contribution in [2.45, 2.75) is 103 Å². The molecular formula is C20H38NNaO4. The van der Waals surface area contributed by atoms with Gasteiger partial charge in [0.2, 0.25) is 0 Å². The van der Waals surface area contributed by atoms with Crippen molar-refractivity contribution < 1.29 is 49.0 Å². The first-order valence-electron chi connectivity index (χ1n) is 10.2. The van der Waals surface area contributed by atoms with E-state index in [0.29, 0.717) is 13.1 Å². The van der Waals surface area contributed by atoms with Gasteiger partial charge >= 0.3 is 35.5 Å². The summed E-state index contributed by atoms with van der Waals surface area (Å²) < 4.78 is 5.35. The van der Waals surface area contributed by atoms with Gasteiger partial charge in [-0.15, -0.1) is 0 Å². The average Bonchev–Trinajstić information content (AvgIpc) is 2.56. The van der Waals surface area contributed by atoms with E-state index >= 15 is 0 Å². The summed E-state index contributed by atoms with van der Waals surface area (Å²) in [4.78, 5) is 21.9. The molecule has 0 rings (SSSR count). The Labute approximate surface area is 182 Å².